The molecule has 0 bridgehead atoms. The van der Waals surface area contributed by atoms with Crippen molar-refractivity contribution in [1.82, 2.24) is 5.32 Å². The minimum atomic E-state index is -0.110. The zero-order valence-electron chi connectivity index (χ0n) is 8.82. The molecule has 0 aliphatic rings. The smallest absolute Gasteiger partial charge is 0.235 e. The van der Waals surface area contributed by atoms with E-state index in [-0.39, 0.29) is 17.3 Å². The summed E-state index contributed by atoms with van der Waals surface area (Å²) in [5.41, 5.74) is -0.110. The molecule has 0 aromatic rings. The summed E-state index contributed by atoms with van der Waals surface area (Å²) in [5, 5.41) is 2.89. The van der Waals surface area contributed by atoms with E-state index in [4.69, 9.17) is 11.6 Å². The molecule has 0 heterocycles. The van der Waals surface area contributed by atoms with Crippen LogP contribution in [0.15, 0.2) is 0 Å². The van der Waals surface area contributed by atoms with E-state index in [0.717, 1.165) is 12.8 Å². The Kier molecular flexibility index (Phi) is 6.13. The topological polar surface area (TPSA) is 29.1 Å². The normalized spacial score (nSPS) is 11.4. The molecule has 0 unspecified atom stereocenters. The Morgan fingerprint density at radius 1 is 1.38 bits per heavy atom. The third-order valence-corrected chi connectivity index (χ3v) is 2.25. The second-order valence-corrected chi connectivity index (χ2v) is 4.29. The molecular weight excluding hydrogens is 186 g/mol. The monoisotopic (exact) mass is 205 g/mol. The number of hydrogen-bond acceptors (Lipinski definition) is 1. The first kappa shape index (κ1) is 12.8. The lowest BCUT2D eigenvalue weighted by atomic mass is 9.97. The van der Waals surface area contributed by atoms with E-state index in [9.17, 15) is 4.79 Å². The van der Waals surface area contributed by atoms with Crippen molar-refractivity contribution in [2.24, 2.45) is 0 Å². The Morgan fingerprint density at radius 3 is 2.46 bits per heavy atom. The van der Waals surface area contributed by atoms with Crippen molar-refractivity contribution >= 4 is 17.5 Å². The molecule has 0 spiro atoms. The van der Waals surface area contributed by atoms with Crippen LogP contribution in [-0.4, -0.2) is 17.3 Å². The Morgan fingerprint density at radius 2 is 2.00 bits per heavy atom. The Hall–Kier alpha value is -0.240. The molecule has 0 aliphatic heterocycles. The first-order chi connectivity index (χ1) is 6.02. The molecule has 2 nitrogen and oxygen atoms in total. The number of unbranched alkanes of at least 4 members (excludes halogenated alkanes) is 2. The Labute approximate surface area is 86.0 Å². The molecule has 1 N–H and O–H groups in total. The van der Waals surface area contributed by atoms with Crippen molar-refractivity contribution in [2.75, 3.05) is 5.88 Å². The zero-order chi connectivity index (χ0) is 10.3. The second-order valence-electron chi connectivity index (χ2n) is 4.02. The van der Waals surface area contributed by atoms with E-state index >= 15 is 0 Å². The summed E-state index contributed by atoms with van der Waals surface area (Å²) in [6.07, 6.45) is 4.61. The van der Waals surface area contributed by atoms with Gasteiger partial charge < -0.3 is 5.32 Å². The van der Waals surface area contributed by atoms with Crippen LogP contribution < -0.4 is 5.32 Å². The minimum Gasteiger partial charge on any atom is -0.350 e. The molecule has 0 rings (SSSR count). The summed E-state index contributed by atoms with van der Waals surface area (Å²) in [6.45, 7) is 6.24. The molecule has 0 aromatic carbocycles. The van der Waals surface area contributed by atoms with Gasteiger partial charge in [0, 0.05) is 5.54 Å². The molecule has 78 valence electrons. The molecule has 0 saturated heterocycles. The van der Waals surface area contributed by atoms with Gasteiger partial charge in [0.05, 0.1) is 0 Å². The lowest BCUT2D eigenvalue weighted by Gasteiger charge is -2.25. The Bertz CT molecular complexity index is 157. The van der Waals surface area contributed by atoms with Crippen LogP contribution >= 0.6 is 11.6 Å². The number of nitrogens with one attached hydrogen (secondary N) is 1. The van der Waals surface area contributed by atoms with Crippen molar-refractivity contribution in [2.45, 2.75) is 52.0 Å². The largest absolute Gasteiger partial charge is 0.350 e. The number of carbonyl (C=O) groups excluding carboxylic acids is 1. The Balaban J connectivity index is 3.72. The highest BCUT2D eigenvalue weighted by atomic mass is 35.5. The van der Waals surface area contributed by atoms with Crippen molar-refractivity contribution in [3.05, 3.63) is 0 Å². The number of rotatable bonds is 6. The van der Waals surface area contributed by atoms with Crippen LogP contribution in [0.25, 0.3) is 0 Å². The van der Waals surface area contributed by atoms with E-state index in [1.54, 1.807) is 0 Å². The van der Waals surface area contributed by atoms with Gasteiger partial charge in [0.25, 0.3) is 0 Å². The van der Waals surface area contributed by atoms with Gasteiger partial charge in [0.1, 0.15) is 5.88 Å². The first-order valence-corrected chi connectivity index (χ1v) is 5.42. The first-order valence-electron chi connectivity index (χ1n) is 4.89. The van der Waals surface area contributed by atoms with Crippen LogP contribution in [0.1, 0.15) is 46.5 Å². The van der Waals surface area contributed by atoms with Crippen LogP contribution in [0.5, 0.6) is 0 Å². The number of alkyl halides is 1. The third-order valence-electron chi connectivity index (χ3n) is 2.00. The predicted molar refractivity (Wildman–Crippen MR) is 57.1 cm³/mol. The number of carbonyl (C=O) groups is 1. The van der Waals surface area contributed by atoms with E-state index in [2.05, 4.69) is 12.2 Å². The molecule has 0 fully saturated rings. The zero-order valence-corrected chi connectivity index (χ0v) is 9.58. The van der Waals surface area contributed by atoms with Gasteiger partial charge in [-0.25, -0.2) is 0 Å². The van der Waals surface area contributed by atoms with Gasteiger partial charge >= 0.3 is 0 Å². The van der Waals surface area contributed by atoms with Crippen LogP contribution in [0.2, 0.25) is 0 Å². The van der Waals surface area contributed by atoms with Gasteiger partial charge in [-0.1, -0.05) is 26.2 Å². The molecule has 0 atom stereocenters. The highest BCUT2D eigenvalue weighted by Gasteiger charge is 2.18. The van der Waals surface area contributed by atoms with Crippen LogP contribution in [0, 0.1) is 0 Å². The molecule has 1 amide bonds. The third kappa shape index (κ3) is 6.88. The average molecular weight is 206 g/mol. The maximum atomic E-state index is 11.0. The van der Waals surface area contributed by atoms with E-state index in [1.807, 2.05) is 13.8 Å². The predicted octanol–water partition coefficient (Wildman–Crippen LogP) is 2.70. The molecule has 0 radical (unpaired) electrons. The highest BCUT2D eigenvalue weighted by Crippen LogP contribution is 2.13. The maximum Gasteiger partial charge on any atom is 0.235 e. The molecule has 0 aromatic heterocycles. The lowest BCUT2D eigenvalue weighted by molar-refractivity contribution is -0.120. The number of hydrogen-bond donors (Lipinski definition) is 1. The van der Waals surface area contributed by atoms with Crippen LogP contribution in [-0.2, 0) is 4.79 Å². The fourth-order valence-corrected chi connectivity index (χ4v) is 1.36. The molecular formula is C10H20ClNO. The minimum absolute atomic E-state index is 0.0528. The summed E-state index contributed by atoms with van der Waals surface area (Å²) >= 11 is 5.41. The summed E-state index contributed by atoms with van der Waals surface area (Å²) < 4.78 is 0. The fourth-order valence-electron chi connectivity index (χ4n) is 1.29. The van der Waals surface area contributed by atoms with Crippen molar-refractivity contribution in [1.29, 1.82) is 0 Å². The number of halogens is 1. The summed E-state index contributed by atoms with van der Waals surface area (Å²) in [6, 6.07) is 0. The summed E-state index contributed by atoms with van der Waals surface area (Å²) in [5.74, 6) is -0.0276. The molecule has 0 aliphatic carbocycles. The molecule has 3 heteroatoms. The van der Waals surface area contributed by atoms with Gasteiger partial charge in [-0.05, 0) is 20.3 Å². The van der Waals surface area contributed by atoms with Crippen molar-refractivity contribution < 1.29 is 4.79 Å². The van der Waals surface area contributed by atoms with Gasteiger partial charge in [0.2, 0.25) is 5.91 Å². The standard InChI is InChI=1S/C10H20ClNO/c1-4-5-6-7-10(2,3)12-9(13)8-11/h4-8H2,1-3H3,(H,12,13). The molecule has 13 heavy (non-hydrogen) atoms. The summed E-state index contributed by atoms with van der Waals surface area (Å²) in [7, 11) is 0. The van der Waals surface area contributed by atoms with Crippen LogP contribution in [0.3, 0.4) is 0 Å². The van der Waals surface area contributed by atoms with E-state index in [0.29, 0.717) is 0 Å². The SMILES string of the molecule is CCCCCC(C)(C)NC(=O)CCl. The van der Waals surface area contributed by atoms with Crippen molar-refractivity contribution in [3.8, 4) is 0 Å². The van der Waals surface area contributed by atoms with Gasteiger partial charge in [0.15, 0.2) is 0 Å². The lowest BCUT2D eigenvalue weighted by Crippen LogP contribution is -2.43. The maximum absolute atomic E-state index is 11.0. The van der Waals surface area contributed by atoms with Crippen molar-refractivity contribution in [3.63, 3.8) is 0 Å². The van der Waals surface area contributed by atoms with E-state index in [1.165, 1.54) is 12.8 Å². The fraction of sp³-hybridized carbons (Fsp3) is 0.900. The second kappa shape index (κ2) is 6.25. The van der Waals surface area contributed by atoms with Gasteiger partial charge in [-0.2, -0.15) is 0 Å². The molecule has 0 saturated carbocycles. The average Bonchev–Trinajstić information content (AvgIpc) is 2.03. The quantitative estimate of drug-likeness (QED) is 0.525. The van der Waals surface area contributed by atoms with E-state index < -0.39 is 0 Å². The van der Waals surface area contributed by atoms with Crippen LogP contribution in [0.4, 0.5) is 0 Å². The number of amides is 1. The van der Waals surface area contributed by atoms with Gasteiger partial charge in [-0.3, -0.25) is 4.79 Å². The highest BCUT2D eigenvalue weighted by molar-refractivity contribution is 6.27. The van der Waals surface area contributed by atoms with Gasteiger partial charge in [-0.15, -0.1) is 11.6 Å². The summed E-state index contributed by atoms with van der Waals surface area (Å²) in [4.78, 5) is 11.0.